The maximum absolute atomic E-state index is 6.26. The van der Waals surface area contributed by atoms with E-state index in [4.69, 9.17) is 16.3 Å². The van der Waals surface area contributed by atoms with Gasteiger partial charge in [-0.2, -0.15) is 4.98 Å². The first-order valence-corrected chi connectivity index (χ1v) is 11.7. The Balaban J connectivity index is 1.43. The van der Waals surface area contributed by atoms with Crippen molar-refractivity contribution in [2.24, 2.45) is 0 Å². The molecule has 0 bridgehead atoms. The van der Waals surface area contributed by atoms with Gasteiger partial charge in [0.05, 0.1) is 23.4 Å². The molecule has 1 aromatic carbocycles. The van der Waals surface area contributed by atoms with Gasteiger partial charge in [0.1, 0.15) is 0 Å². The van der Waals surface area contributed by atoms with Crippen LogP contribution in [0.3, 0.4) is 0 Å². The van der Waals surface area contributed by atoms with Crippen LogP contribution in [0.15, 0.2) is 30.3 Å². The summed E-state index contributed by atoms with van der Waals surface area (Å²) in [7, 11) is 2.19. The molecular weight excluding hydrogens is 418 g/mol. The van der Waals surface area contributed by atoms with E-state index in [0.717, 1.165) is 75.1 Å². The van der Waals surface area contributed by atoms with Crippen LogP contribution in [0, 0.1) is 0 Å². The minimum Gasteiger partial charge on any atom is -0.378 e. The van der Waals surface area contributed by atoms with Crippen molar-refractivity contribution in [3.63, 3.8) is 0 Å². The van der Waals surface area contributed by atoms with E-state index < -0.39 is 0 Å². The van der Waals surface area contributed by atoms with Gasteiger partial charge in [0, 0.05) is 50.7 Å². The molecule has 8 heteroatoms. The standard InChI is InChI=1S/C22H26ClN5OS/c1-26-5-7-27(8-6-26)15-16-3-2-4-17(13-16)19-14-18-20(30-19)21(25-22(23)24-18)28-9-11-29-12-10-28/h2-4,13-14H,5-12,15H2,1H3. The number of fused-ring (bicyclic) bond motifs is 1. The van der Waals surface area contributed by atoms with Gasteiger partial charge in [-0.1, -0.05) is 18.2 Å². The molecule has 0 radical (unpaired) electrons. The van der Waals surface area contributed by atoms with Crippen molar-refractivity contribution in [1.82, 2.24) is 19.8 Å². The van der Waals surface area contributed by atoms with Gasteiger partial charge in [-0.25, -0.2) is 4.98 Å². The number of aromatic nitrogens is 2. The lowest BCUT2D eigenvalue weighted by Gasteiger charge is -2.32. The Bertz CT molecular complexity index is 1030. The van der Waals surface area contributed by atoms with Crippen LogP contribution >= 0.6 is 22.9 Å². The smallest absolute Gasteiger partial charge is 0.224 e. The summed E-state index contributed by atoms with van der Waals surface area (Å²) in [6.07, 6.45) is 0. The molecule has 0 unspecified atom stereocenters. The maximum Gasteiger partial charge on any atom is 0.224 e. The highest BCUT2D eigenvalue weighted by Gasteiger charge is 2.20. The van der Waals surface area contributed by atoms with Gasteiger partial charge in [-0.3, -0.25) is 4.90 Å². The van der Waals surface area contributed by atoms with Crippen LogP contribution in [0.25, 0.3) is 20.7 Å². The third-order valence-corrected chi connectivity index (χ3v) is 7.19. The number of halogens is 1. The van der Waals surface area contributed by atoms with Gasteiger partial charge in [-0.15, -0.1) is 11.3 Å². The average molecular weight is 444 g/mol. The first kappa shape index (κ1) is 20.2. The molecule has 0 atom stereocenters. The Morgan fingerprint density at radius 1 is 1.03 bits per heavy atom. The van der Waals surface area contributed by atoms with Crippen molar-refractivity contribution < 1.29 is 4.74 Å². The number of benzene rings is 1. The van der Waals surface area contributed by atoms with E-state index in [0.29, 0.717) is 5.28 Å². The molecule has 2 aromatic heterocycles. The minimum atomic E-state index is 0.303. The molecule has 0 spiro atoms. The maximum atomic E-state index is 6.26. The van der Waals surface area contributed by atoms with Gasteiger partial charge in [0.25, 0.3) is 0 Å². The molecule has 2 aliphatic rings. The second-order valence-corrected chi connectivity index (χ2v) is 9.41. The molecule has 0 N–H and O–H groups in total. The Morgan fingerprint density at radius 3 is 2.63 bits per heavy atom. The summed E-state index contributed by atoms with van der Waals surface area (Å²) in [5.41, 5.74) is 3.50. The summed E-state index contributed by atoms with van der Waals surface area (Å²) in [5, 5.41) is 0.303. The van der Waals surface area contributed by atoms with Crippen molar-refractivity contribution >= 4 is 39.0 Å². The van der Waals surface area contributed by atoms with E-state index in [-0.39, 0.29) is 0 Å². The molecule has 30 heavy (non-hydrogen) atoms. The Labute approximate surface area is 186 Å². The number of nitrogens with zero attached hydrogens (tertiary/aromatic N) is 5. The second kappa shape index (κ2) is 8.77. The molecule has 2 saturated heterocycles. The SMILES string of the molecule is CN1CCN(Cc2cccc(-c3cc4nc(Cl)nc(N5CCOCC5)c4s3)c2)CC1. The fourth-order valence-corrected chi connectivity index (χ4v) is 5.39. The number of hydrogen-bond acceptors (Lipinski definition) is 7. The highest BCUT2D eigenvalue weighted by atomic mass is 35.5. The van der Waals surface area contributed by atoms with Gasteiger partial charge in [-0.05, 0) is 41.9 Å². The molecular formula is C22H26ClN5OS. The molecule has 4 heterocycles. The lowest BCUT2D eigenvalue weighted by molar-refractivity contribution is 0.122. The summed E-state index contributed by atoms with van der Waals surface area (Å²) < 4.78 is 6.60. The number of rotatable bonds is 4. The van der Waals surface area contributed by atoms with Gasteiger partial charge in [0.15, 0.2) is 5.82 Å². The van der Waals surface area contributed by atoms with Crippen molar-refractivity contribution in [2.75, 3.05) is 64.4 Å². The molecule has 0 saturated carbocycles. The first-order valence-electron chi connectivity index (χ1n) is 10.5. The number of hydrogen-bond donors (Lipinski definition) is 0. The lowest BCUT2D eigenvalue weighted by Crippen LogP contribution is -2.43. The van der Waals surface area contributed by atoms with Crippen molar-refractivity contribution in [1.29, 1.82) is 0 Å². The topological polar surface area (TPSA) is 44.7 Å². The molecule has 0 aliphatic carbocycles. The van der Waals surface area contributed by atoms with E-state index in [1.54, 1.807) is 11.3 Å². The number of anilines is 1. The zero-order chi connectivity index (χ0) is 20.5. The van der Waals surface area contributed by atoms with E-state index in [1.165, 1.54) is 16.0 Å². The van der Waals surface area contributed by atoms with Crippen molar-refractivity contribution in [3.05, 3.63) is 41.2 Å². The summed E-state index contributed by atoms with van der Waals surface area (Å²) in [5.74, 6) is 0.929. The third kappa shape index (κ3) is 4.31. The predicted molar refractivity (Wildman–Crippen MR) is 124 cm³/mol. The molecule has 158 valence electrons. The van der Waals surface area contributed by atoms with Crippen LogP contribution in [0.1, 0.15) is 5.56 Å². The van der Waals surface area contributed by atoms with Crippen LogP contribution in [0.5, 0.6) is 0 Å². The van der Waals surface area contributed by atoms with E-state index in [1.807, 2.05) is 0 Å². The molecule has 2 aliphatic heterocycles. The normalized spacial score (nSPS) is 18.9. The lowest BCUT2D eigenvalue weighted by atomic mass is 10.1. The number of thiophene rings is 1. The molecule has 3 aromatic rings. The van der Waals surface area contributed by atoms with Crippen LogP contribution in [0.2, 0.25) is 5.28 Å². The Kier molecular flexibility index (Phi) is 5.89. The molecule has 5 rings (SSSR count). The summed E-state index contributed by atoms with van der Waals surface area (Å²) in [6.45, 7) is 8.62. The Hall–Kier alpha value is -1.77. The summed E-state index contributed by atoms with van der Waals surface area (Å²) in [6, 6.07) is 11.0. The Morgan fingerprint density at radius 2 is 1.83 bits per heavy atom. The largest absolute Gasteiger partial charge is 0.378 e. The first-order chi connectivity index (χ1) is 14.7. The molecule has 6 nitrogen and oxygen atoms in total. The molecule has 0 amide bonds. The highest BCUT2D eigenvalue weighted by molar-refractivity contribution is 7.22. The van der Waals surface area contributed by atoms with Gasteiger partial charge < -0.3 is 14.5 Å². The van der Waals surface area contributed by atoms with Crippen LogP contribution in [0.4, 0.5) is 5.82 Å². The van der Waals surface area contributed by atoms with Gasteiger partial charge in [0.2, 0.25) is 5.28 Å². The zero-order valence-corrected chi connectivity index (χ0v) is 18.8. The van der Waals surface area contributed by atoms with E-state index in [9.17, 15) is 0 Å². The van der Waals surface area contributed by atoms with Crippen molar-refractivity contribution in [3.8, 4) is 10.4 Å². The number of ether oxygens (including phenoxy) is 1. The van der Waals surface area contributed by atoms with Crippen LogP contribution in [-0.2, 0) is 11.3 Å². The third-order valence-electron chi connectivity index (χ3n) is 5.85. The number of piperazine rings is 1. The predicted octanol–water partition coefficient (Wildman–Crippen LogP) is 3.60. The van der Waals surface area contributed by atoms with E-state index >= 15 is 0 Å². The minimum absolute atomic E-state index is 0.303. The average Bonchev–Trinajstić information content (AvgIpc) is 3.20. The number of morpholine rings is 1. The second-order valence-electron chi connectivity index (χ2n) is 8.02. The fraction of sp³-hybridized carbons (Fsp3) is 0.455. The quantitative estimate of drug-likeness (QED) is 0.574. The summed E-state index contributed by atoms with van der Waals surface area (Å²) in [4.78, 5) is 17.4. The molecule has 2 fully saturated rings. The fourth-order valence-electron chi connectivity index (χ4n) is 4.11. The zero-order valence-electron chi connectivity index (χ0n) is 17.2. The van der Waals surface area contributed by atoms with Crippen LogP contribution < -0.4 is 4.90 Å². The highest BCUT2D eigenvalue weighted by Crippen LogP contribution is 2.38. The van der Waals surface area contributed by atoms with Crippen LogP contribution in [-0.4, -0.2) is 79.3 Å². The van der Waals surface area contributed by atoms with Gasteiger partial charge >= 0.3 is 0 Å². The monoisotopic (exact) mass is 443 g/mol. The van der Waals surface area contributed by atoms with Crippen molar-refractivity contribution in [2.45, 2.75) is 6.54 Å². The summed E-state index contributed by atoms with van der Waals surface area (Å²) >= 11 is 8.01. The number of likely N-dealkylation sites (N-methyl/N-ethyl adjacent to an activating group) is 1. The van der Waals surface area contributed by atoms with E-state index in [2.05, 4.69) is 62.0 Å².